The van der Waals surface area contributed by atoms with Gasteiger partial charge in [0.1, 0.15) is 12.2 Å². The third kappa shape index (κ3) is 2.55. The molecule has 0 radical (unpaired) electrons. The summed E-state index contributed by atoms with van der Waals surface area (Å²) in [5.74, 6) is -5.26. The van der Waals surface area contributed by atoms with Gasteiger partial charge in [0.05, 0.1) is 0 Å². The lowest BCUT2D eigenvalue weighted by Gasteiger charge is -2.57. The summed E-state index contributed by atoms with van der Waals surface area (Å²) in [7, 11) is 0. The quantitative estimate of drug-likeness (QED) is 0.229. The number of aliphatic hydroxyl groups excluding tert-OH is 1. The molecular formula is C14H19N3O9. The average Bonchev–Trinajstić information content (AvgIpc) is 2.53. The summed E-state index contributed by atoms with van der Waals surface area (Å²) >= 11 is 0. The normalized spacial score (nSPS) is 38.0. The second-order valence-electron chi connectivity index (χ2n) is 6.08. The van der Waals surface area contributed by atoms with E-state index in [0.29, 0.717) is 20.8 Å². The topological polar surface area (TPSA) is 207 Å². The molecule has 144 valence electrons. The molecule has 0 aromatic heterocycles. The van der Waals surface area contributed by atoms with Crippen LogP contribution in [-0.4, -0.2) is 78.8 Å². The van der Waals surface area contributed by atoms with Crippen LogP contribution >= 0.6 is 0 Å². The van der Waals surface area contributed by atoms with Crippen LogP contribution in [0, 0.1) is 0 Å². The number of aliphatic hydroxyl groups is 4. The first-order chi connectivity index (χ1) is 11.7. The highest BCUT2D eigenvalue weighted by molar-refractivity contribution is 6.05. The molecule has 12 heteroatoms. The molecule has 0 spiro atoms. The first kappa shape index (κ1) is 21.8. The van der Waals surface area contributed by atoms with Crippen molar-refractivity contribution < 1.29 is 44.3 Å². The molecule has 1 heterocycles. The molecule has 0 bridgehead atoms. The van der Waals surface area contributed by atoms with E-state index in [0.717, 1.165) is 6.92 Å². The van der Waals surface area contributed by atoms with Gasteiger partial charge in [-0.05, 0) is 33.2 Å². The molecule has 0 aromatic rings. The number of hydrogen-bond donors (Lipinski definition) is 4. The number of azide groups is 1. The molecule has 0 saturated carbocycles. The van der Waals surface area contributed by atoms with Gasteiger partial charge in [0, 0.05) is 4.91 Å². The molecule has 0 aromatic carbocycles. The van der Waals surface area contributed by atoms with Crippen LogP contribution in [0.25, 0.3) is 10.4 Å². The number of Topliss-reactive ketones (excluding diaryl/α,β-unsaturated/α-hetero) is 4. The van der Waals surface area contributed by atoms with E-state index in [1.54, 1.807) is 0 Å². The zero-order valence-corrected chi connectivity index (χ0v) is 14.4. The Bertz CT molecular complexity index is 718. The maximum absolute atomic E-state index is 12.2. The molecule has 26 heavy (non-hydrogen) atoms. The van der Waals surface area contributed by atoms with Crippen LogP contribution in [0.1, 0.15) is 27.7 Å². The van der Waals surface area contributed by atoms with Crippen molar-refractivity contribution in [1.29, 1.82) is 0 Å². The van der Waals surface area contributed by atoms with Gasteiger partial charge < -0.3 is 25.2 Å². The summed E-state index contributed by atoms with van der Waals surface area (Å²) < 4.78 is 5.00. The second-order valence-corrected chi connectivity index (χ2v) is 6.08. The summed E-state index contributed by atoms with van der Waals surface area (Å²) in [4.78, 5) is 50.3. The fourth-order valence-electron chi connectivity index (χ4n) is 3.11. The first-order valence-corrected chi connectivity index (χ1v) is 7.32. The van der Waals surface area contributed by atoms with Crippen molar-refractivity contribution in [1.82, 2.24) is 0 Å². The number of ketones is 4. The lowest BCUT2D eigenvalue weighted by molar-refractivity contribution is -0.325. The standard InChI is InChI=1S/C14H19N3O9/c1-5(18)9(22)10-12(23,6(2)19)14(25,8(4)21)13(24,7(3)20)11(26-10)16-17-15/h9-11,22-25H,1-4H3/t9?,10-,11-,12-,13+,14+/m1/s1. The van der Waals surface area contributed by atoms with E-state index < -0.39 is 58.4 Å². The molecule has 1 saturated heterocycles. The molecule has 0 amide bonds. The van der Waals surface area contributed by atoms with Gasteiger partial charge in [-0.1, -0.05) is 5.11 Å². The van der Waals surface area contributed by atoms with Crippen molar-refractivity contribution in [3.63, 3.8) is 0 Å². The molecule has 1 aliphatic rings. The van der Waals surface area contributed by atoms with Gasteiger partial charge in [0.25, 0.3) is 0 Å². The first-order valence-electron chi connectivity index (χ1n) is 7.32. The second kappa shape index (κ2) is 6.83. The van der Waals surface area contributed by atoms with Crippen LogP contribution in [0.3, 0.4) is 0 Å². The van der Waals surface area contributed by atoms with E-state index in [9.17, 15) is 39.6 Å². The Hall–Kier alpha value is -2.21. The molecule has 0 aliphatic carbocycles. The smallest absolute Gasteiger partial charge is 0.200 e. The Morgan fingerprint density at radius 2 is 1.46 bits per heavy atom. The summed E-state index contributed by atoms with van der Waals surface area (Å²) in [6.07, 6.45) is -6.92. The van der Waals surface area contributed by atoms with Gasteiger partial charge in [-0.2, -0.15) is 0 Å². The number of rotatable bonds is 6. The molecule has 1 rings (SSSR count). The zero-order chi connectivity index (χ0) is 20.7. The number of carbonyl (C=O) groups is 4. The van der Waals surface area contributed by atoms with Crippen LogP contribution in [0.15, 0.2) is 5.11 Å². The van der Waals surface area contributed by atoms with E-state index in [1.807, 2.05) is 0 Å². The number of hydrogen-bond acceptors (Lipinski definition) is 10. The van der Waals surface area contributed by atoms with Gasteiger partial charge in [-0.15, -0.1) is 0 Å². The number of nitrogens with zero attached hydrogens (tertiary/aromatic N) is 3. The Labute approximate surface area is 147 Å². The predicted molar refractivity (Wildman–Crippen MR) is 81.4 cm³/mol. The minimum Gasteiger partial charge on any atom is -0.382 e. The summed E-state index contributed by atoms with van der Waals surface area (Å²) in [5.41, 5.74) is -1.73. The molecule has 4 N–H and O–H groups in total. The van der Waals surface area contributed by atoms with E-state index >= 15 is 0 Å². The van der Waals surface area contributed by atoms with Crippen LogP contribution in [0.4, 0.5) is 0 Å². The van der Waals surface area contributed by atoms with Crippen LogP contribution in [0.5, 0.6) is 0 Å². The van der Waals surface area contributed by atoms with Gasteiger partial charge in [0.15, 0.2) is 46.2 Å². The largest absolute Gasteiger partial charge is 0.382 e. The predicted octanol–water partition coefficient (Wildman–Crippen LogP) is -2.07. The van der Waals surface area contributed by atoms with Gasteiger partial charge in [-0.3, -0.25) is 19.2 Å². The fraction of sp³-hybridized carbons (Fsp3) is 0.714. The summed E-state index contributed by atoms with van der Waals surface area (Å²) in [5, 5.41) is 45.6. The molecule has 1 fully saturated rings. The minimum atomic E-state index is -3.59. The third-order valence-electron chi connectivity index (χ3n) is 4.59. The SMILES string of the molecule is CC(=O)C(O)[C@H]1O[C@@H](N=[N+]=[N-])[C@@](O)(C(C)=O)[C@](O)(C(C)=O)[C@@]1(O)C(C)=O. The average molecular weight is 373 g/mol. The molecule has 1 aliphatic heterocycles. The molecule has 12 nitrogen and oxygen atoms in total. The van der Waals surface area contributed by atoms with Crippen LogP contribution in [0.2, 0.25) is 0 Å². The van der Waals surface area contributed by atoms with Crippen molar-refractivity contribution in [3.8, 4) is 0 Å². The number of carbonyl (C=O) groups excluding carboxylic acids is 4. The Kier molecular flexibility index (Phi) is 5.74. The highest BCUT2D eigenvalue weighted by atomic mass is 16.6. The lowest BCUT2D eigenvalue weighted by Crippen LogP contribution is -2.86. The third-order valence-corrected chi connectivity index (χ3v) is 4.59. The van der Waals surface area contributed by atoms with Crippen molar-refractivity contribution in [2.45, 2.75) is 62.9 Å². The highest BCUT2D eigenvalue weighted by Gasteiger charge is 2.79. The summed E-state index contributed by atoms with van der Waals surface area (Å²) in [6.45, 7) is 2.89. The van der Waals surface area contributed by atoms with Crippen molar-refractivity contribution >= 4 is 23.1 Å². The Balaban J connectivity index is 4.00. The van der Waals surface area contributed by atoms with Gasteiger partial charge in [0.2, 0.25) is 0 Å². The van der Waals surface area contributed by atoms with Crippen LogP contribution < -0.4 is 0 Å². The highest BCUT2D eigenvalue weighted by Crippen LogP contribution is 2.47. The van der Waals surface area contributed by atoms with Crippen LogP contribution in [-0.2, 0) is 23.9 Å². The number of ether oxygens (including phenoxy) is 1. The van der Waals surface area contributed by atoms with Crippen molar-refractivity contribution in [2.75, 3.05) is 0 Å². The van der Waals surface area contributed by atoms with E-state index in [1.165, 1.54) is 0 Å². The molecule has 1 unspecified atom stereocenters. The maximum atomic E-state index is 12.2. The van der Waals surface area contributed by atoms with Crippen molar-refractivity contribution in [3.05, 3.63) is 10.4 Å². The Morgan fingerprint density at radius 1 is 1.00 bits per heavy atom. The fourth-order valence-corrected chi connectivity index (χ4v) is 3.11. The zero-order valence-electron chi connectivity index (χ0n) is 14.4. The molecular weight excluding hydrogens is 354 g/mol. The lowest BCUT2D eigenvalue weighted by atomic mass is 9.59. The monoisotopic (exact) mass is 373 g/mol. The van der Waals surface area contributed by atoms with Gasteiger partial charge >= 0.3 is 0 Å². The Morgan fingerprint density at radius 3 is 1.77 bits per heavy atom. The minimum absolute atomic E-state index is 0.650. The van der Waals surface area contributed by atoms with Crippen molar-refractivity contribution in [2.24, 2.45) is 5.11 Å². The molecule has 6 atom stereocenters. The maximum Gasteiger partial charge on any atom is 0.200 e. The van der Waals surface area contributed by atoms with E-state index in [-0.39, 0.29) is 0 Å². The van der Waals surface area contributed by atoms with E-state index in [4.69, 9.17) is 10.3 Å². The summed E-state index contributed by atoms with van der Waals surface area (Å²) in [6, 6.07) is 0. The van der Waals surface area contributed by atoms with E-state index in [2.05, 4.69) is 10.0 Å². The van der Waals surface area contributed by atoms with Gasteiger partial charge in [-0.25, -0.2) is 0 Å².